The molecular formula is C9H13N3O2. The molecule has 1 atom stereocenters. The van der Waals surface area contributed by atoms with Crippen LogP contribution in [0.2, 0.25) is 0 Å². The van der Waals surface area contributed by atoms with Gasteiger partial charge in [0, 0.05) is 13.2 Å². The van der Waals surface area contributed by atoms with Gasteiger partial charge in [-0.1, -0.05) is 11.2 Å². The largest absolute Gasteiger partial charge is 0.405 e. The van der Waals surface area contributed by atoms with Gasteiger partial charge in [0.1, 0.15) is 6.10 Å². The van der Waals surface area contributed by atoms with Crippen LogP contribution in [0.4, 0.5) is 6.01 Å². The van der Waals surface area contributed by atoms with Crippen LogP contribution < -0.4 is 5.32 Å². The molecule has 0 aliphatic carbocycles. The van der Waals surface area contributed by atoms with Crippen LogP contribution in [-0.4, -0.2) is 23.3 Å². The summed E-state index contributed by atoms with van der Waals surface area (Å²) in [7, 11) is 0. The first kappa shape index (κ1) is 9.21. The van der Waals surface area contributed by atoms with Gasteiger partial charge in [-0.25, -0.2) is 0 Å². The van der Waals surface area contributed by atoms with E-state index in [1.54, 1.807) is 6.08 Å². The predicted molar refractivity (Wildman–Crippen MR) is 50.9 cm³/mol. The number of aromatic nitrogens is 2. The van der Waals surface area contributed by atoms with Crippen molar-refractivity contribution in [3.63, 3.8) is 0 Å². The summed E-state index contributed by atoms with van der Waals surface area (Å²) in [6.45, 7) is 4.98. The molecular weight excluding hydrogens is 182 g/mol. The average Bonchev–Trinajstić information content (AvgIpc) is 2.85. The van der Waals surface area contributed by atoms with Gasteiger partial charge in [0.25, 0.3) is 0 Å². The molecule has 2 rings (SSSR count). The molecule has 2 heterocycles. The van der Waals surface area contributed by atoms with Gasteiger partial charge in [-0.15, -0.1) is 11.7 Å². The minimum Gasteiger partial charge on any atom is -0.405 e. The zero-order valence-corrected chi connectivity index (χ0v) is 7.90. The minimum absolute atomic E-state index is 0.0122. The molecule has 0 spiro atoms. The summed E-state index contributed by atoms with van der Waals surface area (Å²) in [5, 5.41) is 10.7. The normalized spacial score (nSPS) is 21.0. The van der Waals surface area contributed by atoms with Gasteiger partial charge >= 0.3 is 6.01 Å². The summed E-state index contributed by atoms with van der Waals surface area (Å²) >= 11 is 0. The van der Waals surface area contributed by atoms with Gasteiger partial charge in [0.05, 0.1) is 0 Å². The number of nitrogens with one attached hydrogen (secondary N) is 1. The second kappa shape index (κ2) is 4.23. The molecule has 5 nitrogen and oxygen atoms in total. The third-order valence-electron chi connectivity index (χ3n) is 2.04. The molecule has 1 aromatic rings. The average molecular weight is 195 g/mol. The number of ether oxygens (including phenoxy) is 1. The maximum absolute atomic E-state index is 5.41. The molecule has 5 heteroatoms. The van der Waals surface area contributed by atoms with Gasteiger partial charge in [0.2, 0.25) is 5.89 Å². The van der Waals surface area contributed by atoms with Gasteiger partial charge < -0.3 is 14.5 Å². The van der Waals surface area contributed by atoms with Crippen LogP contribution in [0.1, 0.15) is 24.8 Å². The Morgan fingerprint density at radius 2 is 2.50 bits per heavy atom. The summed E-state index contributed by atoms with van der Waals surface area (Å²) < 4.78 is 10.8. The summed E-state index contributed by atoms with van der Waals surface area (Å²) in [5.41, 5.74) is 0. The molecule has 0 aromatic carbocycles. The van der Waals surface area contributed by atoms with Crippen LogP contribution in [0.15, 0.2) is 17.1 Å². The molecule has 1 aliphatic heterocycles. The lowest BCUT2D eigenvalue weighted by Gasteiger charge is -2.01. The van der Waals surface area contributed by atoms with Crippen molar-refractivity contribution in [2.24, 2.45) is 0 Å². The minimum atomic E-state index is -0.0122. The lowest BCUT2D eigenvalue weighted by molar-refractivity contribution is 0.0897. The number of hydrogen-bond acceptors (Lipinski definition) is 5. The van der Waals surface area contributed by atoms with E-state index in [9.17, 15) is 0 Å². The van der Waals surface area contributed by atoms with E-state index in [2.05, 4.69) is 22.1 Å². The fraction of sp³-hybridized carbons (Fsp3) is 0.556. The standard InChI is InChI=1S/C9H13N3O2/c1-2-5-10-9-12-11-8(14-9)7-4-3-6-13-7/h2,7H,1,3-6H2,(H,10,12)/t7-/m1/s1. The molecule has 14 heavy (non-hydrogen) atoms. The van der Waals surface area contributed by atoms with Gasteiger partial charge in [-0.3, -0.25) is 0 Å². The van der Waals surface area contributed by atoms with E-state index in [-0.39, 0.29) is 6.10 Å². The molecule has 76 valence electrons. The quantitative estimate of drug-likeness (QED) is 0.738. The summed E-state index contributed by atoms with van der Waals surface area (Å²) in [5.74, 6) is 0.564. The maximum atomic E-state index is 5.41. The summed E-state index contributed by atoms with van der Waals surface area (Å²) in [4.78, 5) is 0. The third-order valence-corrected chi connectivity index (χ3v) is 2.04. The van der Waals surface area contributed by atoms with Gasteiger partial charge in [-0.05, 0) is 12.8 Å². The van der Waals surface area contributed by atoms with Crippen LogP contribution in [0, 0.1) is 0 Å². The Bertz CT molecular complexity index is 305. The van der Waals surface area contributed by atoms with E-state index in [0.717, 1.165) is 19.4 Å². The van der Waals surface area contributed by atoms with Crippen molar-refractivity contribution < 1.29 is 9.15 Å². The second-order valence-corrected chi connectivity index (χ2v) is 3.12. The van der Waals surface area contributed by atoms with Crippen LogP contribution in [-0.2, 0) is 4.74 Å². The van der Waals surface area contributed by atoms with E-state index < -0.39 is 0 Å². The first-order valence-electron chi connectivity index (χ1n) is 4.70. The van der Waals surface area contributed by atoms with E-state index in [4.69, 9.17) is 9.15 Å². The Morgan fingerprint density at radius 1 is 1.57 bits per heavy atom. The third kappa shape index (κ3) is 1.93. The summed E-state index contributed by atoms with van der Waals surface area (Å²) in [6, 6.07) is 0.426. The summed E-state index contributed by atoms with van der Waals surface area (Å²) in [6.07, 6.45) is 3.74. The smallest absolute Gasteiger partial charge is 0.315 e. The molecule has 0 bridgehead atoms. The molecule has 0 amide bonds. The predicted octanol–water partition coefficient (Wildman–Crippen LogP) is 1.52. The molecule has 1 fully saturated rings. The van der Waals surface area contributed by atoms with Crippen molar-refractivity contribution in [1.29, 1.82) is 0 Å². The first-order chi connectivity index (χ1) is 6.90. The van der Waals surface area contributed by atoms with Gasteiger partial charge in [0.15, 0.2) is 0 Å². The van der Waals surface area contributed by atoms with Crippen molar-refractivity contribution in [2.45, 2.75) is 18.9 Å². The highest BCUT2D eigenvalue weighted by Crippen LogP contribution is 2.27. The highest BCUT2D eigenvalue weighted by Gasteiger charge is 2.23. The number of anilines is 1. The Kier molecular flexibility index (Phi) is 2.78. The number of hydrogen-bond donors (Lipinski definition) is 1. The van der Waals surface area contributed by atoms with Crippen molar-refractivity contribution in [2.75, 3.05) is 18.5 Å². The van der Waals surface area contributed by atoms with E-state index >= 15 is 0 Å². The molecule has 0 saturated carbocycles. The Hall–Kier alpha value is -1.36. The Labute approximate surface area is 82.2 Å². The lowest BCUT2D eigenvalue weighted by Crippen LogP contribution is -1.97. The van der Waals surface area contributed by atoms with Crippen LogP contribution in [0.3, 0.4) is 0 Å². The second-order valence-electron chi connectivity index (χ2n) is 3.12. The maximum Gasteiger partial charge on any atom is 0.315 e. The lowest BCUT2D eigenvalue weighted by atomic mass is 10.2. The number of nitrogens with zero attached hydrogens (tertiary/aromatic N) is 2. The highest BCUT2D eigenvalue weighted by molar-refractivity contribution is 5.18. The molecule has 0 unspecified atom stereocenters. The Balaban J connectivity index is 1.97. The van der Waals surface area contributed by atoms with Crippen LogP contribution in [0.25, 0.3) is 0 Å². The first-order valence-corrected chi connectivity index (χ1v) is 4.70. The van der Waals surface area contributed by atoms with E-state index in [1.807, 2.05) is 0 Å². The Morgan fingerprint density at radius 3 is 3.21 bits per heavy atom. The van der Waals surface area contributed by atoms with E-state index in [0.29, 0.717) is 18.5 Å². The van der Waals surface area contributed by atoms with Crippen LogP contribution >= 0.6 is 0 Å². The SMILES string of the molecule is C=CCNc1nnc([C@H]2CCCO2)o1. The fourth-order valence-electron chi connectivity index (χ4n) is 1.37. The number of rotatable bonds is 4. The molecule has 1 saturated heterocycles. The highest BCUT2D eigenvalue weighted by atomic mass is 16.5. The van der Waals surface area contributed by atoms with Crippen molar-refractivity contribution in [3.05, 3.63) is 18.5 Å². The van der Waals surface area contributed by atoms with E-state index in [1.165, 1.54) is 0 Å². The molecule has 1 aliphatic rings. The zero-order chi connectivity index (χ0) is 9.80. The zero-order valence-electron chi connectivity index (χ0n) is 7.90. The monoisotopic (exact) mass is 195 g/mol. The van der Waals surface area contributed by atoms with Crippen molar-refractivity contribution >= 4 is 6.01 Å². The van der Waals surface area contributed by atoms with Crippen molar-refractivity contribution in [1.82, 2.24) is 10.2 Å². The van der Waals surface area contributed by atoms with Crippen LogP contribution in [0.5, 0.6) is 0 Å². The van der Waals surface area contributed by atoms with Gasteiger partial charge in [-0.2, -0.15) is 0 Å². The molecule has 1 aromatic heterocycles. The molecule has 0 radical (unpaired) electrons. The fourth-order valence-corrected chi connectivity index (χ4v) is 1.37. The van der Waals surface area contributed by atoms with Crippen molar-refractivity contribution in [3.8, 4) is 0 Å². The molecule has 1 N–H and O–H groups in total. The topological polar surface area (TPSA) is 60.2 Å².